The van der Waals surface area contributed by atoms with Gasteiger partial charge in [-0.3, -0.25) is 14.9 Å². The molecule has 2 aromatic carbocycles. The molecular formula is C20H19ClN2O6. The van der Waals surface area contributed by atoms with Gasteiger partial charge in [-0.2, -0.15) is 0 Å². The summed E-state index contributed by atoms with van der Waals surface area (Å²) >= 11 is 6.15. The molecule has 0 aromatic heterocycles. The molecule has 8 nitrogen and oxygen atoms in total. The van der Waals surface area contributed by atoms with E-state index in [1.807, 2.05) is 0 Å². The number of anilines is 1. The van der Waals surface area contributed by atoms with E-state index in [0.29, 0.717) is 41.2 Å². The van der Waals surface area contributed by atoms with Crippen LogP contribution in [0.3, 0.4) is 0 Å². The fourth-order valence-electron chi connectivity index (χ4n) is 3.27. The number of amides is 1. The van der Waals surface area contributed by atoms with Crippen LogP contribution in [0, 0.1) is 10.1 Å². The highest BCUT2D eigenvalue weighted by atomic mass is 35.5. The van der Waals surface area contributed by atoms with Gasteiger partial charge in [0.1, 0.15) is 12.7 Å². The van der Waals surface area contributed by atoms with E-state index in [4.69, 9.17) is 21.1 Å². The van der Waals surface area contributed by atoms with E-state index in [9.17, 15) is 19.7 Å². The van der Waals surface area contributed by atoms with Gasteiger partial charge >= 0.3 is 5.97 Å². The highest BCUT2D eigenvalue weighted by Gasteiger charge is 2.29. The van der Waals surface area contributed by atoms with E-state index in [2.05, 4.69) is 0 Å². The van der Waals surface area contributed by atoms with Crippen molar-refractivity contribution in [2.24, 2.45) is 0 Å². The van der Waals surface area contributed by atoms with E-state index in [1.54, 1.807) is 23.1 Å². The molecule has 9 heteroatoms. The standard InChI is InChI=1S/C20H19ClN2O6/c1-28-12-19(24)29-18-3-2-10-22(17-9-6-14(21)11-16(17)18)20(25)13-4-7-15(8-5-13)23(26)27/h4-9,11,18H,2-3,10,12H2,1H3. The van der Waals surface area contributed by atoms with Gasteiger partial charge in [0, 0.05) is 41.9 Å². The number of halogens is 1. The number of methoxy groups -OCH3 is 1. The van der Waals surface area contributed by atoms with Crippen molar-refractivity contribution in [1.82, 2.24) is 0 Å². The second kappa shape index (κ2) is 9.02. The van der Waals surface area contributed by atoms with Crippen LogP contribution in [0.25, 0.3) is 0 Å². The zero-order chi connectivity index (χ0) is 21.0. The number of nitro groups is 1. The highest BCUT2D eigenvalue weighted by Crippen LogP contribution is 2.37. The number of carbonyl (C=O) groups excluding carboxylic acids is 2. The van der Waals surface area contributed by atoms with Crippen LogP contribution < -0.4 is 4.90 Å². The molecular weight excluding hydrogens is 400 g/mol. The lowest BCUT2D eigenvalue weighted by Gasteiger charge is -2.24. The van der Waals surface area contributed by atoms with Gasteiger partial charge in [-0.25, -0.2) is 4.79 Å². The molecule has 3 rings (SSSR count). The van der Waals surface area contributed by atoms with Crippen LogP contribution in [0.4, 0.5) is 11.4 Å². The summed E-state index contributed by atoms with van der Waals surface area (Å²) in [4.78, 5) is 36.9. The molecule has 0 radical (unpaired) electrons. The summed E-state index contributed by atoms with van der Waals surface area (Å²) in [6, 6.07) is 10.5. The van der Waals surface area contributed by atoms with Crippen molar-refractivity contribution in [2.75, 3.05) is 25.2 Å². The predicted molar refractivity (Wildman–Crippen MR) is 106 cm³/mol. The number of fused-ring (bicyclic) bond motifs is 1. The van der Waals surface area contributed by atoms with Crippen LogP contribution >= 0.6 is 11.6 Å². The molecule has 0 spiro atoms. The third-order valence-corrected chi connectivity index (χ3v) is 4.82. The number of carbonyl (C=O) groups is 2. The van der Waals surface area contributed by atoms with Crippen LogP contribution in [-0.4, -0.2) is 37.1 Å². The van der Waals surface area contributed by atoms with Gasteiger partial charge in [-0.05, 0) is 43.2 Å². The summed E-state index contributed by atoms with van der Waals surface area (Å²) in [6.45, 7) is 0.237. The van der Waals surface area contributed by atoms with Crippen molar-refractivity contribution in [1.29, 1.82) is 0 Å². The molecule has 0 N–H and O–H groups in total. The molecule has 152 valence electrons. The summed E-state index contributed by atoms with van der Waals surface area (Å²) in [5.41, 5.74) is 1.46. The van der Waals surface area contributed by atoms with Crippen molar-refractivity contribution in [3.8, 4) is 0 Å². The van der Waals surface area contributed by atoms with E-state index in [0.717, 1.165) is 0 Å². The van der Waals surface area contributed by atoms with Crippen molar-refractivity contribution in [3.63, 3.8) is 0 Å². The highest BCUT2D eigenvalue weighted by molar-refractivity contribution is 6.30. The molecule has 1 aliphatic heterocycles. The Bertz CT molecular complexity index is 931. The van der Waals surface area contributed by atoms with Crippen LogP contribution in [0.15, 0.2) is 42.5 Å². The van der Waals surface area contributed by atoms with Gasteiger partial charge in [0.2, 0.25) is 0 Å². The van der Waals surface area contributed by atoms with Crippen LogP contribution in [0.1, 0.15) is 34.9 Å². The van der Waals surface area contributed by atoms with E-state index in [1.165, 1.54) is 31.4 Å². The third-order valence-electron chi connectivity index (χ3n) is 4.58. The van der Waals surface area contributed by atoms with Gasteiger partial charge in [0.25, 0.3) is 11.6 Å². The van der Waals surface area contributed by atoms with Gasteiger partial charge in [-0.1, -0.05) is 11.6 Å². The first-order valence-electron chi connectivity index (χ1n) is 8.95. The molecule has 0 fully saturated rings. The Morgan fingerprint density at radius 2 is 1.97 bits per heavy atom. The van der Waals surface area contributed by atoms with Crippen molar-refractivity contribution >= 4 is 34.9 Å². The van der Waals surface area contributed by atoms with Gasteiger partial charge in [0.15, 0.2) is 0 Å². The smallest absolute Gasteiger partial charge is 0.332 e. The molecule has 0 saturated heterocycles. The molecule has 1 heterocycles. The Morgan fingerprint density at radius 1 is 1.24 bits per heavy atom. The van der Waals surface area contributed by atoms with Gasteiger partial charge in [-0.15, -0.1) is 0 Å². The molecule has 2 aromatic rings. The summed E-state index contributed by atoms with van der Waals surface area (Å²) in [5, 5.41) is 11.3. The van der Waals surface area contributed by atoms with Crippen LogP contribution in [-0.2, 0) is 14.3 Å². The number of esters is 1. The first kappa shape index (κ1) is 20.8. The van der Waals surface area contributed by atoms with E-state index >= 15 is 0 Å². The number of hydrogen-bond donors (Lipinski definition) is 0. The molecule has 0 bridgehead atoms. The average Bonchev–Trinajstić information content (AvgIpc) is 2.87. The lowest BCUT2D eigenvalue weighted by molar-refractivity contribution is -0.384. The molecule has 0 saturated carbocycles. The van der Waals surface area contributed by atoms with Crippen molar-refractivity contribution < 1.29 is 24.0 Å². The van der Waals surface area contributed by atoms with E-state index < -0.39 is 17.0 Å². The van der Waals surface area contributed by atoms with E-state index in [-0.39, 0.29) is 18.2 Å². The maximum Gasteiger partial charge on any atom is 0.332 e. The van der Waals surface area contributed by atoms with Crippen molar-refractivity contribution in [2.45, 2.75) is 18.9 Å². The minimum absolute atomic E-state index is 0.0882. The van der Waals surface area contributed by atoms with Crippen LogP contribution in [0.5, 0.6) is 0 Å². The summed E-state index contributed by atoms with van der Waals surface area (Å²) in [6.07, 6.45) is 0.559. The average molecular weight is 419 g/mol. The molecule has 1 aliphatic rings. The van der Waals surface area contributed by atoms with Crippen molar-refractivity contribution in [3.05, 3.63) is 68.7 Å². The lowest BCUT2D eigenvalue weighted by atomic mass is 10.0. The molecule has 1 amide bonds. The minimum atomic E-state index is -0.555. The monoisotopic (exact) mass is 418 g/mol. The summed E-state index contributed by atoms with van der Waals surface area (Å²) in [7, 11) is 1.41. The number of ether oxygens (including phenoxy) is 2. The van der Waals surface area contributed by atoms with Gasteiger partial charge < -0.3 is 14.4 Å². The quantitative estimate of drug-likeness (QED) is 0.414. The molecule has 1 unspecified atom stereocenters. The summed E-state index contributed by atoms with van der Waals surface area (Å²) in [5.74, 6) is -0.800. The second-order valence-electron chi connectivity index (χ2n) is 6.52. The van der Waals surface area contributed by atoms with Crippen LogP contribution in [0.2, 0.25) is 5.02 Å². The normalized spacial score (nSPS) is 15.9. The Balaban J connectivity index is 1.93. The number of non-ortho nitro benzene ring substituents is 1. The Morgan fingerprint density at radius 3 is 2.62 bits per heavy atom. The maximum absolute atomic E-state index is 13.1. The zero-order valence-corrected chi connectivity index (χ0v) is 16.4. The molecule has 1 atom stereocenters. The zero-order valence-electron chi connectivity index (χ0n) is 15.7. The number of nitrogens with zero attached hydrogens (tertiary/aromatic N) is 2. The fraction of sp³-hybridized carbons (Fsp3) is 0.300. The number of nitro benzene ring substituents is 1. The lowest BCUT2D eigenvalue weighted by Crippen LogP contribution is -2.31. The van der Waals surface area contributed by atoms with Gasteiger partial charge in [0.05, 0.1) is 10.6 Å². The largest absolute Gasteiger partial charge is 0.456 e. The first-order valence-corrected chi connectivity index (χ1v) is 9.32. The SMILES string of the molecule is COCC(=O)OC1CCCN(C(=O)c2ccc([N+](=O)[O-])cc2)c2ccc(Cl)cc21. The number of hydrogen-bond acceptors (Lipinski definition) is 6. The maximum atomic E-state index is 13.1. The third kappa shape index (κ3) is 4.72. The first-order chi connectivity index (χ1) is 13.9. The number of rotatable bonds is 5. The molecule has 29 heavy (non-hydrogen) atoms. The second-order valence-corrected chi connectivity index (χ2v) is 6.95. The minimum Gasteiger partial charge on any atom is -0.456 e. The predicted octanol–water partition coefficient (Wildman–Crippen LogP) is 3.92. The summed E-state index contributed by atoms with van der Waals surface area (Å²) < 4.78 is 10.4. The Labute approximate surface area is 172 Å². The Kier molecular flexibility index (Phi) is 6.46. The number of benzene rings is 2. The molecule has 0 aliphatic carbocycles. The topological polar surface area (TPSA) is 99.0 Å². The Hall–Kier alpha value is -2.97. The fourth-order valence-corrected chi connectivity index (χ4v) is 3.45.